The van der Waals surface area contributed by atoms with Crippen LogP contribution in [0, 0.1) is 5.92 Å². The van der Waals surface area contributed by atoms with Crippen LogP contribution < -0.4 is 15.4 Å². The van der Waals surface area contributed by atoms with E-state index in [-0.39, 0.29) is 50.0 Å². The first-order valence-corrected chi connectivity index (χ1v) is 14.4. The zero-order valence-corrected chi connectivity index (χ0v) is 23.6. The Balaban J connectivity index is 1.61. The number of nitrogens with one attached hydrogen (secondary N) is 2. The van der Waals surface area contributed by atoms with Crippen LogP contribution in [0.4, 0.5) is 0 Å². The minimum Gasteiger partial charge on any atom is -0.491 e. The van der Waals surface area contributed by atoms with Crippen molar-refractivity contribution < 1.29 is 29.0 Å². The molecule has 2 heterocycles. The maximum absolute atomic E-state index is 13.7. The summed E-state index contributed by atoms with van der Waals surface area (Å²) in [6.45, 7) is 3.79. The average molecular weight is 565 g/mol. The van der Waals surface area contributed by atoms with Crippen molar-refractivity contribution in [3.05, 3.63) is 65.7 Å². The zero-order chi connectivity index (χ0) is 29.2. The van der Waals surface area contributed by atoms with E-state index >= 15 is 0 Å². The van der Waals surface area contributed by atoms with Crippen molar-refractivity contribution in [2.24, 2.45) is 5.92 Å². The summed E-state index contributed by atoms with van der Waals surface area (Å²) in [5.74, 6) is -0.916. The lowest BCUT2D eigenvalue weighted by atomic mass is 9.93. The molecule has 2 aromatic rings. The molecule has 4 amide bonds. The van der Waals surface area contributed by atoms with Crippen molar-refractivity contribution in [2.75, 3.05) is 39.4 Å². The monoisotopic (exact) mass is 564 g/mol. The first kappa shape index (κ1) is 30.0. The van der Waals surface area contributed by atoms with Gasteiger partial charge < -0.3 is 30.3 Å². The summed E-state index contributed by atoms with van der Waals surface area (Å²) in [5, 5.41) is 14.9. The third-order valence-electron chi connectivity index (χ3n) is 7.82. The van der Waals surface area contributed by atoms with Gasteiger partial charge in [-0.15, -0.1) is 0 Å². The van der Waals surface area contributed by atoms with Crippen LogP contribution in [0.1, 0.15) is 48.5 Å². The molecule has 1 fully saturated rings. The molecule has 2 aromatic carbocycles. The summed E-state index contributed by atoms with van der Waals surface area (Å²) in [6.07, 6.45) is 2.16. The molecule has 0 bridgehead atoms. The fourth-order valence-corrected chi connectivity index (χ4v) is 5.46. The van der Waals surface area contributed by atoms with Gasteiger partial charge in [0.15, 0.2) is 0 Å². The molecule has 2 atom stereocenters. The number of benzene rings is 2. The lowest BCUT2D eigenvalue weighted by Gasteiger charge is -2.34. The number of rotatable bonds is 6. The number of aliphatic hydroxyl groups is 1. The fourth-order valence-electron chi connectivity index (χ4n) is 5.46. The largest absolute Gasteiger partial charge is 0.491 e. The second kappa shape index (κ2) is 14.6. The van der Waals surface area contributed by atoms with Crippen molar-refractivity contribution in [3.63, 3.8) is 0 Å². The van der Waals surface area contributed by atoms with Gasteiger partial charge in [-0.05, 0) is 49.8 Å². The van der Waals surface area contributed by atoms with Crippen molar-refractivity contribution in [1.82, 2.24) is 20.4 Å². The number of carbonyl (C=O) groups is 4. The Morgan fingerprint density at radius 2 is 1.68 bits per heavy atom. The van der Waals surface area contributed by atoms with E-state index in [2.05, 4.69) is 10.6 Å². The number of ether oxygens (including phenoxy) is 1. The molecule has 41 heavy (non-hydrogen) atoms. The van der Waals surface area contributed by atoms with Crippen LogP contribution >= 0.6 is 0 Å². The molecular formula is C31H40N4O6. The second-order valence-corrected chi connectivity index (χ2v) is 10.6. The van der Waals surface area contributed by atoms with Crippen LogP contribution in [0.5, 0.6) is 5.75 Å². The van der Waals surface area contributed by atoms with Crippen LogP contribution in [0.25, 0.3) is 0 Å². The maximum atomic E-state index is 13.7. The molecule has 1 saturated heterocycles. The number of hydrogen-bond donors (Lipinski definition) is 3. The molecule has 0 aromatic heterocycles. The normalized spacial score (nSPS) is 21.3. The molecule has 0 spiro atoms. The third kappa shape index (κ3) is 8.07. The summed E-state index contributed by atoms with van der Waals surface area (Å²) in [4.78, 5) is 57.4. The van der Waals surface area contributed by atoms with Crippen molar-refractivity contribution in [2.45, 2.75) is 51.1 Å². The lowest BCUT2D eigenvalue weighted by molar-refractivity contribution is -0.138. The van der Waals surface area contributed by atoms with E-state index in [1.54, 1.807) is 34.1 Å². The summed E-state index contributed by atoms with van der Waals surface area (Å²) in [7, 11) is 0. The molecule has 0 radical (unpaired) electrons. The van der Waals surface area contributed by atoms with Crippen molar-refractivity contribution >= 4 is 23.6 Å². The number of carbonyl (C=O) groups excluding carboxylic acids is 4. The summed E-state index contributed by atoms with van der Waals surface area (Å²) in [6, 6.07) is 14.2. The topological polar surface area (TPSA) is 128 Å². The standard InChI is InChI=1S/C31H40N4O6/c1-2-34-17-19-41-27-11-7-6-10-24(27)29(38)33-26(31(40)35-15-12-22(13-16-35)14-18-36)21-28(37)32-25(30(34)39)20-23-8-4-3-5-9-23/h3-11,22,25-26,36H,2,12-21H2,1H3,(H,32,37)(H,33,38)/t25-,26-/m0/s1. The van der Waals surface area contributed by atoms with E-state index in [1.807, 2.05) is 37.3 Å². The SMILES string of the molecule is CCN1CCOc2ccccc2C(=O)N[C@H](C(=O)N2CCC(CCO)CC2)CC(=O)N[C@@H](Cc2ccccc2)C1=O. The number of aliphatic hydroxyl groups excluding tert-OH is 1. The maximum Gasteiger partial charge on any atom is 0.255 e. The number of piperidine rings is 1. The predicted molar refractivity (Wildman–Crippen MR) is 153 cm³/mol. The third-order valence-corrected chi connectivity index (χ3v) is 7.82. The van der Waals surface area contributed by atoms with Crippen LogP contribution in [-0.4, -0.2) is 90.0 Å². The molecule has 220 valence electrons. The van der Waals surface area contributed by atoms with E-state index in [9.17, 15) is 24.3 Å². The number of likely N-dealkylation sites (N-methyl/N-ethyl adjacent to an activating group) is 1. The average Bonchev–Trinajstić information content (AvgIpc) is 2.99. The van der Waals surface area contributed by atoms with Gasteiger partial charge in [-0.1, -0.05) is 42.5 Å². The summed E-state index contributed by atoms with van der Waals surface area (Å²) in [5.41, 5.74) is 1.14. The molecule has 3 N–H and O–H groups in total. The van der Waals surface area contributed by atoms with Crippen LogP contribution in [-0.2, 0) is 20.8 Å². The van der Waals surface area contributed by atoms with Crippen LogP contribution in [0.15, 0.2) is 54.6 Å². The van der Waals surface area contributed by atoms with Crippen molar-refractivity contribution in [1.29, 1.82) is 0 Å². The van der Waals surface area contributed by atoms with E-state index in [4.69, 9.17) is 4.74 Å². The number of nitrogens with zero attached hydrogens (tertiary/aromatic N) is 2. The van der Waals surface area contributed by atoms with E-state index in [0.29, 0.717) is 37.7 Å². The van der Waals surface area contributed by atoms with Crippen LogP contribution in [0.3, 0.4) is 0 Å². The Morgan fingerprint density at radius 1 is 0.976 bits per heavy atom. The van der Waals surface area contributed by atoms with Crippen molar-refractivity contribution in [3.8, 4) is 5.75 Å². The quantitative estimate of drug-likeness (QED) is 0.491. The van der Waals surface area contributed by atoms with Gasteiger partial charge in [-0.2, -0.15) is 0 Å². The molecule has 2 aliphatic heterocycles. The zero-order valence-electron chi connectivity index (χ0n) is 23.6. The molecule has 0 unspecified atom stereocenters. The molecule has 4 rings (SSSR count). The highest BCUT2D eigenvalue weighted by Gasteiger charge is 2.33. The minimum atomic E-state index is -1.12. The first-order valence-electron chi connectivity index (χ1n) is 14.4. The molecule has 10 heteroatoms. The Hall–Kier alpha value is -3.92. The van der Waals surface area contributed by atoms with E-state index < -0.39 is 23.9 Å². The minimum absolute atomic E-state index is 0.108. The highest BCUT2D eigenvalue weighted by atomic mass is 16.5. The summed E-state index contributed by atoms with van der Waals surface area (Å²) >= 11 is 0. The molecule has 2 aliphatic rings. The van der Waals surface area contributed by atoms with Gasteiger partial charge in [0, 0.05) is 32.7 Å². The Bertz CT molecular complexity index is 1200. The number of likely N-dealkylation sites (tertiary alicyclic amines) is 1. The molecular weight excluding hydrogens is 524 g/mol. The number of fused-ring (bicyclic) bond motifs is 1. The van der Waals surface area contributed by atoms with Gasteiger partial charge in [-0.3, -0.25) is 19.2 Å². The van der Waals surface area contributed by atoms with Gasteiger partial charge in [0.05, 0.1) is 18.5 Å². The second-order valence-electron chi connectivity index (χ2n) is 10.6. The number of hydrogen-bond acceptors (Lipinski definition) is 6. The van der Waals surface area contributed by atoms with E-state index in [1.165, 1.54) is 0 Å². The highest BCUT2D eigenvalue weighted by molar-refractivity contribution is 6.01. The van der Waals surface area contributed by atoms with Gasteiger partial charge in [0.25, 0.3) is 5.91 Å². The highest BCUT2D eigenvalue weighted by Crippen LogP contribution is 2.22. The van der Waals surface area contributed by atoms with Gasteiger partial charge in [0.2, 0.25) is 17.7 Å². The molecule has 0 aliphatic carbocycles. The molecule has 0 saturated carbocycles. The van der Waals surface area contributed by atoms with Gasteiger partial charge in [0.1, 0.15) is 24.4 Å². The Morgan fingerprint density at radius 3 is 2.39 bits per heavy atom. The van der Waals surface area contributed by atoms with E-state index in [0.717, 1.165) is 18.4 Å². The van der Waals surface area contributed by atoms with Gasteiger partial charge >= 0.3 is 0 Å². The van der Waals surface area contributed by atoms with Crippen LogP contribution in [0.2, 0.25) is 0 Å². The summed E-state index contributed by atoms with van der Waals surface area (Å²) < 4.78 is 5.95. The Labute approximate surface area is 241 Å². The Kier molecular flexibility index (Phi) is 10.7. The fraction of sp³-hybridized carbons (Fsp3) is 0.484. The lowest BCUT2D eigenvalue weighted by Crippen LogP contribution is -2.55. The predicted octanol–water partition coefficient (Wildman–Crippen LogP) is 1.76. The first-order chi connectivity index (χ1) is 19.9. The van der Waals surface area contributed by atoms with Gasteiger partial charge in [-0.25, -0.2) is 0 Å². The number of amides is 4. The smallest absolute Gasteiger partial charge is 0.255 e. The number of para-hydroxylation sites is 1. The molecule has 10 nitrogen and oxygen atoms in total.